The van der Waals surface area contributed by atoms with Crippen LogP contribution >= 0.6 is 0 Å². The first kappa shape index (κ1) is 9.86. The Morgan fingerprint density at radius 2 is 1.75 bits per heavy atom. The minimum atomic E-state index is 0.733. The van der Waals surface area contributed by atoms with Gasteiger partial charge in [-0.25, -0.2) is 0 Å². The van der Waals surface area contributed by atoms with Crippen molar-refractivity contribution in [3.05, 3.63) is 48.0 Å². The highest BCUT2D eigenvalue weighted by Gasteiger charge is 2.28. The maximum atomic E-state index is 3.34. The van der Waals surface area contributed by atoms with Crippen molar-refractivity contribution in [3.8, 4) is 0 Å². The van der Waals surface area contributed by atoms with Gasteiger partial charge in [-0.2, -0.15) is 0 Å². The normalized spacial score (nSPS) is 24.3. The molecular formula is C15H17N. The van der Waals surface area contributed by atoms with Gasteiger partial charge < -0.3 is 5.32 Å². The van der Waals surface area contributed by atoms with Gasteiger partial charge in [-0.05, 0) is 42.1 Å². The highest BCUT2D eigenvalue weighted by atomic mass is 14.9. The predicted octanol–water partition coefficient (Wildman–Crippen LogP) is 3.31. The second-order valence-electron chi connectivity index (χ2n) is 4.76. The molecule has 0 unspecified atom stereocenters. The van der Waals surface area contributed by atoms with Gasteiger partial charge in [0.1, 0.15) is 0 Å². The lowest BCUT2D eigenvalue weighted by atomic mass is 9.75. The smallest absolute Gasteiger partial charge is 0.00757 e. The third-order valence-corrected chi connectivity index (χ3v) is 3.79. The molecular weight excluding hydrogens is 194 g/mol. The average Bonchev–Trinajstić information content (AvgIpc) is 2.27. The van der Waals surface area contributed by atoms with Gasteiger partial charge in [0.2, 0.25) is 0 Å². The van der Waals surface area contributed by atoms with Gasteiger partial charge in [0, 0.05) is 6.04 Å². The quantitative estimate of drug-likeness (QED) is 0.803. The van der Waals surface area contributed by atoms with E-state index < -0.39 is 0 Å². The fourth-order valence-electron chi connectivity index (χ4n) is 2.59. The summed E-state index contributed by atoms with van der Waals surface area (Å²) in [5, 5.41) is 6.05. The largest absolute Gasteiger partial charge is 0.317 e. The molecule has 2 aromatic rings. The Morgan fingerprint density at radius 1 is 1.00 bits per heavy atom. The van der Waals surface area contributed by atoms with E-state index in [-0.39, 0.29) is 0 Å². The summed E-state index contributed by atoms with van der Waals surface area (Å²) < 4.78 is 0. The summed E-state index contributed by atoms with van der Waals surface area (Å²) in [6.45, 7) is 0. The van der Waals surface area contributed by atoms with Crippen molar-refractivity contribution in [2.24, 2.45) is 0 Å². The monoisotopic (exact) mass is 211 g/mol. The Bertz CT molecular complexity index is 498. The summed E-state index contributed by atoms with van der Waals surface area (Å²) in [4.78, 5) is 0. The molecule has 2 aromatic carbocycles. The van der Waals surface area contributed by atoms with Gasteiger partial charge >= 0.3 is 0 Å². The molecule has 0 aliphatic heterocycles. The van der Waals surface area contributed by atoms with Crippen molar-refractivity contribution in [1.29, 1.82) is 0 Å². The van der Waals surface area contributed by atoms with Crippen molar-refractivity contribution < 1.29 is 0 Å². The lowest BCUT2D eigenvalue weighted by molar-refractivity contribution is 0.307. The second-order valence-corrected chi connectivity index (χ2v) is 4.76. The Morgan fingerprint density at radius 3 is 2.50 bits per heavy atom. The van der Waals surface area contributed by atoms with Gasteiger partial charge in [0.15, 0.2) is 0 Å². The van der Waals surface area contributed by atoms with E-state index in [2.05, 4.69) is 54.8 Å². The maximum absolute atomic E-state index is 3.34. The topological polar surface area (TPSA) is 12.0 Å². The molecule has 1 heteroatoms. The SMILES string of the molecule is CNC1CC(c2ccc3ccccc3c2)C1. The first-order valence-electron chi connectivity index (χ1n) is 6.03. The number of nitrogens with one attached hydrogen (secondary N) is 1. The minimum Gasteiger partial charge on any atom is -0.317 e. The van der Waals surface area contributed by atoms with Crippen LogP contribution in [-0.2, 0) is 0 Å². The van der Waals surface area contributed by atoms with Gasteiger partial charge in [-0.15, -0.1) is 0 Å². The molecule has 0 bridgehead atoms. The summed E-state index contributed by atoms with van der Waals surface area (Å²) in [5.41, 5.74) is 1.50. The second kappa shape index (κ2) is 3.91. The molecule has 1 aliphatic carbocycles. The summed E-state index contributed by atoms with van der Waals surface area (Å²) in [7, 11) is 2.06. The van der Waals surface area contributed by atoms with Gasteiger partial charge in [-0.3, -0.25) is 0 Å². The lowest BCUT2D eigenvalue weighted by Gasteiger charge is -2.35. The van der Waals surface area contributed by atoms with E-state index in [1.165, 1.54) is 29.2 Å². The minimum absolute atomic E-state index is 0.733. The molecule has 0 aromatic heterocycles. The highest BCUT2D eigenvalue weighted by Crippen LogP contribution is 2.37. The maximum Gasteiger partial charge on any atom is 0.00757 e. The Labute approximate surface area is 96.5 Å². The third-order valence-electron chi connectivity index (χ3n) is 3.79. The molecule has 0 spiro atoms. The Balaban J connectivity index is 1.89. The van der Waals surface area contributed by atoms with Crippen molar-refractivity contribution in [2.75, 3.05) is 7.05 Å². The van der Waals surface area contributed by atoms with Crippen molar-refractivity contribution >= 4 is 10.8 Å². The molecule has 82 valence electrons. The molecule has 16 heavy (non-hydrogen) atoms. The van der Waals surface area contributed by atoms with Gasteiger partial charge in [0.05, 0.1) is 0 Å². The van der Waals surface area contributed by atoms with Crippen LogP contribution in [0.1, 0.15) is 24.3 Å². The molecule has 0 saturated heterocycles. The van der Waals surface area contributed by atoms with E-state index in [1.54, 1.807) is 0 Å². The summed E-state index contributed by atoms with van der Waals surface area (Å²) in [6, 6.07) is 16.2. The van der Waals surface area contributed by atoms with E-state index in [9.17, 15) is 0 Å². The van der Waals surface area contributed by atoms with Crippen molar-refractivity contribution in [1.82, 2.24) is 5.32 Å². The molecule has 1 aliphatic rings. The molecule has 1 saturated carbocycles. The number of fused-ring (bicyclic) bond motifs is 1. The molecule has 0 amide bonds. The van der Waals surface area contributed by atoms with Crippen LogP contribution < -0.4 is 5.32 Å². The number of hydrogen-bond donors (Lipinski definition) is 1. The van der Waals surface area contributed by atoms with E-state index in [1.807, 2.05) is 0 Å². The molecule has 0 radical (unpaired) electrons. The molecule has 0 heterocycles. The third kappa shape index (κ3) is 1.61. The molecule has 1 fully saturated rings. The van der Waals surface area contributed by atoms with Crippen LogP contribution in [0.5, 0.6) is 0 Å². The first-order chi connectivity index (χ1) is 7.86. The summed E-state index contributed by atoms with van der Waals surface area (Å²) >= 11 is 0. The molecule has 1 N–H and O–H groups in total. The zero-order chi connectivity index (χ0) is 11.0. The van der Waals surface area contributed by atoms with Crippen LogP contribution in [0.2, 0.25) is 0 Å². The number of rotatable bonds is 2. The zero-order valence-electron chi connectivity index (χ0n) is 9.61. The predicted molar refractivity (Wildman–Crippen MR) is 68.8 cm³/mol. The summed E-state index contributed by atoms with van der Waals surface area (Å²) in [6.07, 6.45) is 2.57. The molecule has 0 atom stereocenters. The average molecular weight is 211 g/mol. The molecule has 1 nitrogen and oxygen atoms in total. The van der Waals surface area contributed by atoms with E-state index in [4.69, 9.17) is 0 Å². The Hall–Kier alpha value is -1.34. The van der Waals surface area contributed by atoms with E-state index in [0.29, 0.717) is 0 Å². The fourth-order valence-corrected chi connectivity index (χ4v) is 2.59. The zero-order valence-corrected chi connectivity index (χ0v) is 9.61. The van der Waals surface area contributed by atoms with Crippen LogP contribution in [0, 0.1) is 0 Å². The lowest BCUT2D eigenvalue weighted by Crippen LogP contribution is -2.37. The van der Waals surface area contributed by atoms with Crippen LogP contribution in [0.3, 0.4) is 0 Å². The van der Waals surface area contributed by atoms with Gasteiger partial charge in [-0.1, -0.05) is 42.5 Å². The van der Waals surface area contributed by atoms with Crippen LogP contribution in [0.25, 0.3) is 10.8 Å². The summed E-state index contributed by atoms with van der Waals surface area (Å²) in [5.74, 6) is 0.766. The van der Waals surface area contributed by atoms with E-state index >= 15 is 0 Å². The fraction of sp³-hybridized carbons (Fsp3) is 0.333. The van der Waals surface area contributed by atoms with Crippen LogP contribution in [-0.4, -0.2) is 13.1 Å². The van der Waals surface area contributed by atoms with E-state index in [0.717, 1.165) is 12.0 Å². The van der Waals surface area contributed by atoms with Crippen LogP contribution in [0.4, 0.5) is 0 Å². The Kier molecular flexibility index (Phi) is 2.41. The van der Waals surface area contributed by atoms with Crippen molar-refractivity contribution in [2.45, 2.75) is 24.8 Å². The van der Waals surface area contributed by atoms with Crippen LogP contribution in [0.15, 0.2) is 42.5 Å². The number of hydrogen-bond acceptors (Lipinski definition) is 1. The molecule has 3 rings (SSSR count). The van der Waals surface area contributed by atoms with Gasteiger partial charge in [0.25, 0.3) is 0 Å². The highest BCUT2D eigenvalue weighted by molar-refractivity contribution is 5.83. The standard InChI is InChI=1S/C15H17N/c1-16-15-9-14(10-15)13-7-6-11-4-2-3-5-12(11)8-13/h2-8,14-16H,9-10H2,1H3. The number of benzene rings is 2. The first-order valence-corrected chi connectivity index (χ1v) is 6.03. The van der Waals surface area contributed by atoms with Crippen molar-refractivity contribution in [3.63, 3.8) is 0 Å².